The Bertz CT molecular complexity index is 397. The van der Waals surface area contributed by atoms with Crippen molar-refractivity contribution in [3.05, 3.63) is 16.0 Å². The summed E-state index contributed by atoms with van der Waals surface area (Å²) in [6, 6.07) is 1.24. The van der Waals surface area contributed by atoms with Crippen molar-refractivity contribution in [3.8, 4) is 0 Å². The molecule has 94 valence electrons. The van der Waals surface area contributed by atoms with Crippen LogP contribution in [0.2, 0.25) is 5.28 Å². The first-order valence-corrected chi connectivity index (χ1v) is 6.89. The van der Waals surface area contributed by atoms with Crippen molar-refractivity contribution in [3.63, 3.8) is 0 Å². The molecule has 17 heavy (non-hydrogen) atoms. The van der Waals surface area contributed by atoms with Crippen LogP contribution in [0.4, 0.5) is 5.82 Å². The maximum absolute atomic E-state index is 5.76. The number of halogens is 2. The van der Waals surface area contributed by atoms with Crippen molar-refractivity contribution in [2.45, 2.75) is 31.8 Å². The molecule has 1 N–H and O–H groups in total. The Morgan fingerprint density at radius 2 is 2.35 bits per heavy atom. The van der Waals surface area contributed by atoms with Gasteiger partial charge >= 0.3 is 0 Å². The predicted molar refractivity (Wildman–Crippen MR) is 73.5 cm³/mol. The zero-order valence-electron chi connectivity index (χ0n) is 9.95. The van der Waals surface area contributed by atoms with Crippen LogP contribution in [-0.2, 0) is 0 Å². The summed E-state index contributed by atoms with van der Waals surface area (Å²) in [4.78, 5) is 10.4. The molecule has 1 aromatic rings. The van der Waals surface area contributed by atoms with Crippen molar-refractivity contribution in [2.75, 3.05) is 18.9 Å². The Morgan fingerprint density at radius 3 is 3.00 bits per heavy atom. The molecule has 4 nitrogen and oxygen atoms in total. The molecule has 2 rings (SSSR count). The zero-order valence-corrected chi connectivity index (χ0v) is 12.3. The van der Waals surface area contributed by atoms with Crippen LogP contribution >= 0.6 is 27.5 Å². The lowest BCUT2D eigenvalue weighted by Gasteiger charge is -2.24. The minimum absolute atomic E-state index is 0.263. The number of nitrogens with zero attached hydrogens (tertiary/aromatic N) is 3. The van der Waals surface area contributed by atoms with E-state index in [-0.39, 0.29) is 5.28 Å². The molecule has 6 heteroatoms. The van der Waals surface area contributed by atoms with Gasteiger partial charge in [-0.15, -0.1) is 0 Å². The average molecular weight is 320 g/mol. The lowest BCUT2D eigenvalue weighted by Crippen LogP contribution is -2.36. The first-order valence-electron chi connectivity index (χ1n) is 5.71. The molecule has 1 atom stereocenters. The minimum Gasteiger partial charge on any atom is -0.367 e. The van der Waals surface area contributed by atoms with Gasteiger partial charge in [-0.2, -0.15) is 4.98 Å². The van der Waals surface area contributed by atoms with Gasteiger partial charge in [0, 0.05) is 24.8 Å². The Labute approximate surface area is 115 Å². The molecule has 0 radical (unpaired) electrons. The van der Waals surface area contributed by atoms with Gasteiger partial charge in [0.2, 0.25) is 5.28 Å². The molecule has 1 heterocycles. The van der Waals surface area contributed by atoms with Crippen molar-refractivity contribution < 1.29 is 0 Å². The molecule has 1 aliphatic carbocycles. The molecular formula is C11H16BrClN4. The number of hydrogen-bond acceptors (Lipinski definition) is 4. The van der Waals surface area contributed by atoms with Gasteiger partial charge in [-0.25, -0.2) is 4.98 Å². The number of likely N-dealkylation sites (N-methyl/N-ethyl adjacent to an activating group) is 1. The number of nitrogens with one attached hydrogen (secondary N) is 1. The summed E-state index contributed by atoms with van der Waals surface area (Å²) in [6.45, 7) is 3.06. The highest BCUT2D eigenvalue weighted by Crippen LogP contribution is 2.27. The zero-order chi connectivity index (χ0) is 12.4. The standard InChI is InChI=1S/C11H16BrClN4/c1-7(17(2)8-3-4-8)5-14-10-9(12)6-15-11(13)16-10/h6-8H,3-5H2,1-2H3,(H,14,15,16). The number of anilines is 1. The van der Waals surface area contributed by atoms with Gasteiger partial charge in [0.05, 0.1) is 4.47 Å². The van der Waals surface area contributed by atoms with E-state index in [0.29, 0.717) is 6.04 Å². The normalized spacial score (nSPS) is 17.2. The van der Waals surface area contributed by atoms with Crippen LogP contribution in [0.25, 0.3) is 0 Å². The number of aromatic nitrogens is 2. The quantitative estimate of drug-likeness (QED) is 0.847. The van der Waals surface area contributed by atoms with Crippen LogP contribution in [0.5, 0.6) is 0 Å². The first-order chi connectivity index (χ1) is 8.08. The van der Waals surface area contributed by atoms with E-state index in [1.165, 1.54) is 12.8 Å². The van der Waals surface area contributed by atoms with Crippen LogP contribution in [0, 0.1) is 0 Å². The first kappa shape index (κ1) is 13.1. The largest absolute Gasteiger partial charge is 0.367 e. The molecule has 1 fully saturated rings. The molecule has 0 aromatic carbocycles. The summed E-state index contributed by atoms with van der Waals surface area (Å²) in [5.41, 5.74) is 0. The second-order valence-electron chi connectivity index (χ2n) is 4.46. The van der Waals surface area contributed by atoms with E-state index >= 15 is 0 Å². The molecule has 1 saturated carbocycles. The monoisotopic (exact) mass is 318 g/mol. The van der Waals surface area contributed by atoms with Crippen molar-refractivity contribution in [1.29, 1.82) is 0 Å². The summed E-state index contributed by atoms with van der Waals surface area (Å²) >= 11 is 9.16. The molecule has 0 aliphatic heterocycles. The van der Waals surface area contributed by atoms with Gasteiger partial charge in [-0.05, 0) is 54.3 Å². The predicted octanol–water partition coefficient (Wildman–Crippen LogP) is 2.79. The van der Waals surface area contributed by atoms with Gasteiger partial charge in [0.1, 0.15) is 5.82 Å². The fraction of sp³-hybridized carbons (Fsp3) is 0.636. The van der Waals surface area contributed by atoms with Gasteiger partial charge < -0.3 is 5.32 Å². The van der Waals surface area contributed by atoms with Crippen LogP contribution in [0.15, 0.2) is 10.7 Å². The third-order valence-electron chi connectivity index (χ3n) is 3.10. The molecule has 1 aromatic heterocycles. The van der Waals surface area contributed by atoms with E-state index in [1.54, 1.807) is 6.20 Å². The Morgan fingerprint density at radius 1 is 1.65 bits per heavy atom. The van der Waals surface area contributed by atoms with E-state index in [9.17, 15) is 0 Å². The number of hydrogen-bond donors (Lipinski definition) is 1. The van der Waals surface area contributed by atoms with Crippen LogP contribution in [0.1, 0.15) is 19.8 Å². The van der Waals surface area contributed by atoms with Gasteiger partial charge in [-0.3, -0.25) is 4.90 Å². The summed E-state index contributed by atoms with van der Waals surface area (Å²) in [7, 11) is 2.17. The highest BCUT2D eigenvalue weighted by molar-refractivity contribution is 9.10. The smallest absolute Gasteiger partial charge is 0.224 e. The van der Waals surface area contributed by atoms with Gasteiger partial charge in [-0.1, -0.05) is 0 Å². The van der Waals surface area contributed by atoms with Crippen molar-refractivity contribution in [1.82, 2.24) is 14.9 Å². The lowest BCUT2D eigenvalue weighted by molar-refractivity contribution is 0.257. The topological polar surface area (TPSA) is 41.1 Å². The Balaban J connectivity index is 1.90. The van der Waals surface area contributed by atoms with E-state index in [0.717, 1.165) is 22.9 Å². The molecule has 1 unspecified atom stereocenters. The molecule has 1 aliphatic rings. The number of rotatable bonds is 5. The molecule has 0 saturated heterocycles. The third-order valence-corrected chi connectivity index (χ3v) is 3.86. The molecule has 0 bridgehead atoms. The molecular weight excluding hydrogens is 304 g/mol. The summed E-state index contributed by atoms with van der Waals surface area (Å²) < 4.78 is 0.836. The second kappa shape index (κ2) is 5.50. The Hall–Kier alpha value is -0.390. The average Bonchev–Trinajstić information content (AvgIpc) is 3.13. The molecule has 0 spiro atoms. The van der Waals surface area contributed by atoms with Gasteiger partial charge in [0.25, 0.3) is 0 Å². The van der Waals surface area contributed by atoms with E-state index in [1.807, 2.05) is 0 Å². The maximum atomic E-state index is 5.76. The van der Waals surface area contributed by atoms with Crippen LogP contribution < -0.4 is 5.32 Å². The van der Waals surface area contributed by atoms with Crippen LogP contribution in [-0.4, -0.2) is 40.5 Å². The maximum Gasteiger partial charge on any atom is 0.224 e. The lowest BCUT2D eigenvalue weighted by atomic mass is 10.3. The SMILES string of the molecule is CC(CNc1nc(Cl)ncc1Br)N(C)C1CC1. The summed E-state index contributed by atoms with van der Waals surface area (Å²) in [5, 5.41) is 3.56. The highest BCUT2D eigenvalue weighted by Gasteiger charge is 2.28. The van der Waals surface area contributed by atoms with E-state index in [4.69, 9.17) is 11.6 Å². The Kier molecular flexibility index (Phi) is 4.22. The highest BCUT2D eigenvalue weighted by atomic mass is 79.9. The fourth-order valence-corrected chi connectivity index (χ4v) is 2.16. The fourth-order valence-electron chi connectivity index (χ4n) is 1.70. The van der Waals surface area contributed by atoms with Crippen LogP contribution in [0.3, 0.4) is 0 Å². The molecule has 0 amide bonds. The summed E-state index contributed by atoms with van der Waals surface area (Å²) in [6.07, 6.45) is 4.31. The van der Waals surface area contributed by atoms with E-state index in [2.05, 4.69) is 50.1 Å². The third kappa shape index (κ3) is 3.53. The van der Waals surface area contributed by atoms with Gasteiger partial charge in [0.15, 0.2) is 0 Å². The minimum atomic E-state index is 0.263. The second-order valence-corrected chi connectivity index (χ2v) is 5.65. The van der Waals surface area contributed by atoms with E-state index < -0.39 is 0 Å². The summed E-state index contributed by atoms with van der Waals surface area (Å²) in [5.74, 6) is 0.751. The van der Waals surface area contributed by atoms with Crippen molar-refractivity contribution >= 4 is 33.3 Å². The van der Waals surface area contributed by atoms with Crippen molar-refractivity contribution in [2.24, 2.45) is 0 Å².